The number of esters is 2. The lowest BCUT2D eigenvalue weighted by atomic mass is 10.1. The van der Waals surface area contributed by atoms with Crippen LogP contribution in [0.15, 0.2) is 109 Å². The fraction of sp³-hybridized carbons (Fsp3) is 0.672. The highest BCUT2D eigenvalue weighted by molar-refractivity contribution is 7.47. The van der Waals surface area contributed by atoms with Gasteiger partial charge >= 0.3 is 19.8 Å². The first-order valence-electron chi connectivity index (χ1n) is 28.4. The smallest absolute Gasteiger partial charge is 0.462 e. The molecule has 0 rings (SSSR count). The maximum absolute atomic E-state index is 12.7. The van der Waals surface area contributed by atoms with E-state index in [1.54, 1.807) is 0 Å². The second-order valence-electron chi connectivity index (χ2n) is 18.4. The summed E-state index contributed by atoms with van der Waals surface area (Å²) in [6.45, 7) is 3.59. The Balaban J connectivity index is 4.03. The zero-order chi connectivity index (χ0) is 51.7. The number of nitrogens with two attached hydrogens (primary N) is 1. The molecule has 0 aliphatic heterocycles. The molecule has 0 aromatic carbocycles. The molecule has 0 spiro atoms. The van der Waals surface area contributed by atoms with Crippen LogP contribution < -0.4 is 5.73 Å². The SMILES string of the molecule is CC/C=C\C/C=C\C/C=C\C/C=C\C/C=C\C/C=C\C/C=C\CCCCCCCCCCCC(=O)OC(COC(=O)CCCCCCCCCCC/C=C\C/C=C\CCCCC)COP(=O)(O)OCCN. The van der Waals surface area contributed by atoms with Gasteiger partial charge in [0.15, 0.2) is 6.10 Å². The van der Waals surface area contributed by atoms with Gasteiger partial charge in [0, 0.05) is 19.4 Å². The zero-order valence-corrected chi connectivity index (χ0v) is 46.1. The van der Waals surface area contributed by atoms with Gasteiger partial charge in [-0.3, -0.25) is 18.6 Å². The highest BCUT2D eigenvalue weighted by Gasteiger charge is 2.26. The number of phosphoric ester groups is 1. The molecular formula is C61H104NO8P. The molecule has 2 unspecified atom stereocenters. The van der Waals surface area contributed by atoms with Gasteiger partial charge in [-0.25, -0.2) is 4.57 Å². The summed E-state index contributed by atoms with van der Waals surface area (Å²) in [5.74, 6) is -0.843. The minimum Gasteiger partial charge on any atom is -0.462 e. The van der Waals surface area contributed by atoms with Gasteiger partial charge < -0.3 is 20.1 Å². The summed E-state index contributed by atoms with van der Waals surface area (Å²) in [6, 6.07) is 0. The lowest BCUT2D eigenvalue weighted by Gasteiger charge is -2.19. The number of rotatable bonds is 52. The molecule has 406 valence electrons. The van der Waals surface area contributed by atoms with Crippen molar-refractivity contribution in [3.8, 4) is 0 Å². The molecule has 2 atom stereocenters. The Kier molecular flexibility index (Phi) is 53.3. The van der Waals surface area contributed by atoms with Crippen molar-refractivity contribution in [1.29, 1.82) is 0 Å². The number of hydrogen-bond donors (Lipinski definition) is 2. The van der Waals surface area contributed by atoms with Crippen LogP contribution in [-0.2, 0) is 32.7 Å². The molecular weight excluding hydrogens is 906 g/mol. The van der Waals surface area contributed by atoms with Gasteiger partial charge in [0.2, 0.25) is 0 Å². The largest absolute Gasteiger partial charge is 0.472 e. The average molecular weight is 1010 g/mol. The monoisotopic (exact) mass is 1010 g/mol. The van der Waals surface area contributed by atoms with Crippen LogP contribution in [0.25, 0.3) is 0 Å². The summed E-state index contributed by atoms with van der Waals surface area (Å²) in [6.07, 6.45) is 75.6. The number of ether oxygens (including phenoxy) is 2. The molecule has 9 nitrogen and oxygen atoms in total. The summed E-state index contributed by atoms with van der Waals surface area (Å²) in [7, 11) is -4.40. The molecule has 71 heavy (non-hydrogen) atoms. The maximum Gasteiger partial charge on any atom is 0.472 e. The quantitative estimate of drug-likeness (QED) is 0.0264. The number of unbranched alkanes of at least 4 members (excludes halogenated alkanes) is 21. The van der Waals surface area contributed by atoms with Crippen molar-refractivity contribution in [2.75, 3.05) is 26.4 Å². The van der Waals surface area contributed by atoms with E-state index in [1.165, 1.54) is 89.9 Å². The standard InChI is InChI=1S/C61H104NO8P/c1-3-5-7-9-11-13-15-17-19-21-23-24-25-26-27-28-29-30-31-32-33-34-36-38-40-42-44-46-48-50-52-54-61(64)70-59(58-69-71(65,66)68-56-55-62)57-67-60(63)53-51-49-47-45-43-41-39-37-35-22-20-18-16-14-12-10-8-6-4-2/h5,7,11-14,17-20,23-24,26-27,29-30,32-33,59H,3-4,6,8-10,15-16,21-22,25,28,31,34-58,62H2,1-2H3,(H,65,66)/b7-5-,13-11-,14-12-,19-17-,20-18-,24-23-,27-26-,30-29-,33-32-. The van der Waals surface area contributed by atoms with E-state index in [-0.39, 0.29) is 38.6 Å². The van der Waals surface area contributed by atoms with E-state index in [2.05, 4.69) is 123 Å². The number of phosphoric acid groups is 1. The molecule has 0 saturated carbocycles. The second kappa shape index (κ2) is 56.0. The third-order valence-corrected chi connectivity index (χ3v) is 12.6. The first-order valence-corrected chi connectivity index (χ1v) is 29.9. The van der Waals surface area contributed by atoms with Crippen LogP contribution in [0, 0.1) is 0 Å². The van der Waals surface area contributed by atoms with Crippen LogP contribution in [0.5, 0.6) is 0 Å². The van der Waals surface area contributed by atoms with E-state index in [1.807, 2.05) is 0 Å². The Labute approximate surface area is 435 Å². The Morgan fingerprint density at radius 2 is 0.775 bits per heavy atom. The lowest BCUT2D eigenvalue weighted by molar-refractivity contribution is -0.161. The molecule has 0 radical (unpaired) electrons. The lowest BCUT2D eigenvalue weighted by Crippen LogP contribution is -2.29. The van der Waals surface area contributed by atoms with Crippen molar-refractivity contribution in [3.05, 3.63) is 109 Å². The Hall–Kier alpha value is -3.33. The van der Waals surface area contributed by atoms with Gasteiger partial charge in [-0.1, -0.05) is 226 Å². The van der Waals surface area contributed by atoms with Crippen molar-refractivity contribution in [2.24, 2.45) is 5.73 Å². The Morgan fingerprint density at radius 1 is 0.437 bits per heavy atom. The van der Waals surface area contributed by atoms with E-state index in [0.717, 1.165) is 109 Å². The molecule has 10 heteroatoms. The van der Waals surface area contributed by atoms with Crippen molar-refractivity contribution >= 4 is 19.8 Å². The van der Waals surface area contributed by atoms with Gasteiger partial charge in [-0.15, -0.1) is 0 Å². The van der Waals surface area contributed by atoms with Crippen LogP contribution in [0.1, 0.15) is 232 Å². The van der Waals surface area contributed by atoms with Crippen LogP contribution in [-0.4, -0.2) is 49.3 Å². The van der Waals surface area contributed by atoms with Crippen LogP contribution in [0.4, 0.5) is 0 Å². The molecule has 0 saturated heterocycles. The number of allylic oxidation sites excluding steroid dienone is 18. The van der Waals surface area contributed by atoms with Gasteiger partial charge in [0.1, 0.15) is 6.61 Å². The normalized spacial score (nSPS) is 13.9. The van der Waals surface area contributed by atoms with E-state index >= 15 is 0 Å². The number of carbonyl (C=O) groups excluding carboxylic acids is 2. The van der Waals surface area contributed by atoms with Gasteiger partial charge in [0.25, 0.3) is 0 Å². The van der Waals surface area contributed by atoms with E-state index in [0.29, 0.717) is 6.42 Å². The molecule has 3 N–H and O–H groups in total. The van der Waals surface area contributed by atoms with Crippen LogP contribution in [0.2, 0.25) is 0 Å². The Morgan fingerprint density at radius 3 is 1.15 bits per heavy atom. The molecule has 0 aromatic heterocycles. The fourth-order valence-electron chi connectivity index (χ4n) is 7.47. The summed E-state index contributed by atoms with van der Waals surface area (Å²) >= 11 is 0. The average Bonchev–Trinajstić information content (AvgIpc) is 3.36. The fourth-order valence-corrected chi connectivity index (χ4v) is 8.23. The minimum absolute atomic E-state index is 0.0466. The third-order valence-electron chi connectivity index (χ3n) is 11.6. The molecule has 0 aromatic rings. The predicted octanol–water partition coefficient (Wildman–Crippen LogP) is 17.8. The van der Waals surface area contributed by atoms with E-state index < -0.39 is 26.5 Å². The molecule has 0 aliphatic rings. The Bertz CT molecular complexity index is 1530. The van der Waals surface area contributed by atoms with E-state index in [9.17, 15) is 19.0 Å². The second-order valence-corrected chi connectivity index (χ2v) is 19.9. The van der Waals surface area contributed by atoms with Gasteiger partial charge in [-0.05, 0) is 103 Å². The van der Waals surface area contributed by atoms with Crippen molar-refractivity contribution < 1.29 is 37.6 Å². The van der Waals surface area contributed by atoms with Crippen LogP contribution >= 0.6 is 7.82 Å². The summed E-state index contributed by atoms with van der Waals surface area (Å²) in [5, 5.41) is 0. The van der Waals surface area contributed by atoms with Gasteiger partial charge in [0.05, 0.1) is 13.2 Å². The topological polar surface area (TPSA) is 134 Å². The highest BCUT2D eigenvalue weighted by Crippen LogP contribution is 2.43. The first-order chi connectivity index (χ1) is 34.8. The summed E-state index contributed by atoms with van der Waals surface area (Å²) in [5.41, 5.74) is 5.38. The molecule has 0 bridgehead atoms. The number of hydrogen-bond acceptors (Lipinski definition) is 8. The molecule has 0 amide bonds. The first kappa shape index (κ1) is 67.7. The molecule has 0 heterocycles. The molecule has 0 fully saturated rings. The number of carbonyl (C=O) groups is 2. The predicted molar refractivity (Wildman–Crippen MR) is 302 cm³/mol. The van der Waals surface area contributed by atoms with Crippen molar-refractivity contribution in [2.45, 2.75) is 238 Å². The maximum atomic E-state index is 12.7. The summed E-state index contributed by atoms with van der Waals surface area (Å²) in [4.78, 5) is 35.2. The summed E-state index contributed by atoms with van der Waals surface area (Å²) < 4.78 is 33.0. The minimum atomic E-state index is -4.40. The van der Waals surface area contributed by atoms with Crippen LogP contribution in [0.3, 0.4) is 0 Å². The van der Waals surface area contributed by atoms with Crippen molar-refractivity contribution in [1.82, 2.24) is 0 Å². The van der Waals surface area contributed by atoms with Crippen molar-refractivity contribution in [3.63, 3.8) is 0 Å². The van der Waals surface area contributed by atoms with Gasteiger partial charge in [-0.2, -0.15) is 0 Å². The molecule has 0 aliphatic carbocycles. The third kappa shape index (κ3) is 55.8. The highest BCUT2D eigenvalue weighted by atomic mass is 31.2. The van der Waals surface area contributed by atoms with E-state index in [4.69, 9.17) is 24.3 Å². The zero-order valence-electron chi connectivity index (χ0n) is 45.2.